The zero-order chi connectivity index (χ0) is 21.2. The normalized spacial score (nSPS) is 18.1. The lowest BCUT2D eigenvalue weighted by Gasteiger charge is -2.31. The number of hydrogen-bond acceptors (Lipinski definition) is 6. The number of thioether (sulfide) groups is 1. The monoisotopic (exact) mass is 419 g/mol. The lowest BCUT2D eigenvalue weighted by molar-refractivity contribution is -0.129. The van der Waals surface area contributed by atoms with Crippen molar-refractivity contribution in [2.24, 2.45) is 10.7 Å². The first-order valence-corrected chi connectivity index (χ1v) is 11.0. The van der Waals surface area contributed by atoms with E-state index in [4.69, 9.17) is 10.5 Å². The lowest BCUT2D eigenvalue weighted by atomic mass is 10.1. The van der Waals surface area contributed by atoms with Gasteiger partial charge in [-0.1, -0.05) is 44.4 Å². The van der Waals surface area contributed by atoms with E-state index in [0.29, 0.717) is 29.6 Å². The zero-order valence-electron chi connectivity index (χ0n) is 17.1. The van der Waals surface area contributed by atoms with E-state index in [2.05, 4.69) is 11.9 Å². The fourth-order valence-corrected chi connectivity index (χ4v) is 4.02. The molecule has 0 unspecified atom stereocenters. The molecule has 0 aliphatic carbocycles. The van der Waals surface area contributed by atoms with Crippen LogP contribution in [-0.2, 0) is 14.3 Å². The van der Waals surface area contributed by atoms with E-state index < -0.39 is 17.1 Å². The summed E-state index contributed by atoms with van der Waals surface area (Å²) in [5.41, 5.74) is 6.46. The fraction of sp³-hybridized carbons (Fsp3) is 0.524. The number of unbranched alkanes of at least 4 members (excludes halogenated alkanes) is 4. The number of amides is 2. The van der Waals surface area contributed by atoms with E-state index in [0.717, 1.165) is 25.7 Å². The molecule has 8 heteroatoms. The summed E-state index contributed by atoms with van der Waals surface area (Å²) in [5, 5.41) is -0.138. The van der Waals surface area contributed by atoms with Crippen LogP contribution in [0.15, 0.2) is 29.3 Å². The van der Waals surface area contributed by atoms with Crippen LogP contribution >= 0.6 is 11.8 Å². The van der Waals surface area contributed by atoms with Crippen molar-refractivity contribution in [3.63, 3.8) is 0 Å². The molecular weight excluding hydrogens is 390 g/mol. The van der Waals surface area contributed by atoms with Gasteiger partial charge in [0.05, 0.1) is 23.1 Å². The molecule has 0 radical (unpaired) electrons. The Hall–Kier alpha value is -2.35. The molecule has 1 fully saturated rings. The summed E-state index contributed by atoms with van der Waals surface area (Å²) in [5.74, 6) is -1.04. The molecule has 2 N–H and O–H groups in total. The highest BCUT2D eigenvalue weighted by atomic mass is 32.2. The van der Waals surface area contributed by atoms with Gasteiger partial charge in [-0.05, 0) is 37.6 Å². The first-order chi connectivity index (χ1) is 14.0. The number of nitrogens with two attached hydrogens (primary N) is 1. The van der Waals surface area contributed by atoms with Crippen molar-refractivity contribution < 1.29 is 19.1 Å². The molecule has 29 heavy (non-hydrogen) atoms. The molecule has 1 aromatic carbocycles. The predicted octanol–water partition coefficient (Wildman–Crippen LogP) is 3.64. The molecule has 158 valence electrons. The number of rotatable bonds is 10. The summed E-state index contributed by atoms with van der Waals surface area (Å²) < 4.78 is 4.98. The third-order valence-corrected chi connectivity index (χ3v) is 5.75. The van der Waals surface area contributed by atoms with E-state index in [1.807, 2.05) is 0 Å². The highest BCUT2D eigenvalue weighted by Gasteiger charge is 2.34. The van der Waals surface area contributed by atoms with Gasteiger partial charge in [-0.15, -0.1) is 0 Å². The van der Waals surface area contributed by atoms with Gasteiger partial charge in [-0.25, -0.2) is 9.79 Å². The van der Waals surface area contributed by atoms with Crippen LogP contribution in [0.2, 0.25) is 0 Å². The maximum absolute atomic E-state index is 12.6. The number of carbonyl (C=O) groups excluding carboxylic acids is 3. The minimum atomic E-state index is -0.614. The standard InChI is InChI=1S/C21H29N3O4S/c1-3-5-6-7-8-13-24-18(25)14-17(19(22)26)29-21(24)23-16-11-9-15(10-12-16)20(27)28-4-2/h9-12,17H,3-8,13-14H2,1-2H3,(H2,22,26)/t17-/m1/s1. The van der Waals surface area contributed by atoms with Crippen molar-refractivity contribution in [1.82, 2.24) is 4.90 Å². The number of aliphatic imine (C=N–C) groups is 1. The number of carbonyl (C=O) groups is 3. The van der Waals surface area contributed by atoms with Crippen LogP contribution in [-0.4, -0.2) is 46.3 Å². The molecule has 0 saturated carbocycles. The van der Waals surface area contributed by atoms with Gasteiger partial charge < -0.3 is 10.5 Å². The summed E-state index contributed by atoms with van der Waals surface area (Å²) in [6.07, 6.45) is 5.50. The Kier molecular flexibility index (Phi) is 9.18. The second kappa shape index (κ2) is 11.6. The maximum atomic E-state index is 12.6. The van der Waals surface area contributed by atoms with Gasteiger partial charge in [0.1, 0.15) is 0 Å². The summed E-state index contributed by atoms with van der Waals surface area (Å²) >= 11 is 1.22. The van der Waals surface area contributed by atoms with Crippen LogP contribution < -0.4 is 5.73 Å². The molecule has 1 atom stereocenters. The third-order valence-electron chi connectivity index (χ3n) is 4.55. The van der Waals surface area contributed by atoms with Crippen LogP contribution in [0.3, 0.4) is 0 Å². The van der Waals surface area contributed by atoms with Crippen molar-refractivity contribution in [2.45, 2.75) is 57.6 Å². The van der Waals surface area contributed by atoms with Gasteiger partial charge in [-0.2, -0.15) is 0 Å². The molecule has 1 aliphatic heterocycles. The van der Waals surface area contributed by atoms with Crippen LogP contribution in [0.5, 0.6) is 0 Å². The average molecular weight is 420 g/mol. The number of amidine groups is 1. The van der Waals surface area contributed by atoms with Crippen molar-refractivity contribution in [3.05, 3.63) is 29.8 Å². The molecule has 2 rings (SSSR count). The molecule has 7 nitrogen and oxygen atoms in total. The summed E-state index contributed by atoms with van der Waals surface area (Å²) in [6.45, 7) is 4.79. The zero-order valence-corrected chi connectivity index (χ0v) is 17.9. The first-order valence-electron chi connectivity index (χ1n) is 10.1. The number of hydrogen-bond donors (Lipinski definition) is 1. The molecular formula is C21H29N3O4S. The number of benzene rings is 1. The molecule has 1 saturated heterocycles. The van der Waals surface area contributed by atoms with E-state index in [9.17, 15) is 14.4 Å². The summed E-state index contributed by atoms with van der Waals surface area (Å²) in [7, 11) is 0. The maximum Gasteiger partial charge on any atom is 0.338 e. The Labute approximate surface area is 176 Å². The first kappa shape index (κ1) is 22.9. The quantitative estimate of drug-likeness (QED) is 0.461. The van der Waals surface area contributed by atoms with E-state index in [1.165, 1.54) is 18.2 Å². The van der Waals surface area contributed by atoms with Gasteiger partial charge in [0, 0.05) is 13.0 Å². The second-order valence-corrected chi connectivity index (χ2v) is 8.00. The van der Waals surface area contributed by atoms with Crippen LogP contribution in [0.1, 0.15) is 62.7 Å². The topological polar surface area (TPSA) is 102 Å². The van der Waals surface area contributed by atoms with Gasteiger partial charge >= 0.3 is 5.97 Å². The molecule has 0 aromatic heterocycles. The Morgan fingerprint density at radius 3 is 2.48 bits per heavy atom. The highest BCUT2D eigenvalue weighted by Crippen LogP contribution is 2.29. The minimum Gasteiger partial charge on any atom is -0.462 e. The summed E-state index contributed by atoms with van der Waals surface area (Å²) in [4.78, 5) is 42.3. The minimum absolute atomic E-state index is 0.0930. The molecule has 1 heterocycles. The highest BCUT2D eigenvalue weighted by molar-refractivity contribution is 8.15. The van der Waals surface area contributed by atoms with Crippen molar-refractivity contribution in [3.8, 4) is 0 Å². The van der Waals surface area contributed by atoms with E-state index in [-0.39, 0.29) is 12.3 Å². The van der Waals surface area contributed by atoms with E-state index in [1.54, 1.807) is 36.1 Å². The molecule has 0 bridgehead atoms. The smallest absolute Gasteiger partial charge is 0.338 e. The Morgan fingerprint density at radius 1 is 1.17 bits per heavy atom. The molecule has 2 amide bonds. The van der Waals surface area contributed by atoms with Crippen LogP contribution in [0.25, 0.3) is 0 Å². The Bertz CT molecular complexity index is 749. The number of ether oxygens (including phenoxy) is 1. The predicted molar refractivity (Wildman–Crippen MR) is 115 cm³/mol. The van der Waals surface area contributed by atoms with Gasteiger partial charge in [0.25, 0.3) is 0 Å². The van der Waals surface area contributed by atoms with Crippen LogP contribution in [0, 0.1) is 0 Å². The SMILES string of the molecule is CCCCCCCN1C(=O)C[C@H](C(N)=O)SC1=Nc1ccc(C(=O)OCC)cc1. The van der Waals surface area contributed by atoms with Gasteiger partial charge in [-0.3, -0.25) is 14.5 Å². The van der Waals surface area contributed by atoms with Crippen molar-refractivity contribution in [2.75, 3.05) is 13.2 Å². The Balaban J connectivity index is 2.16. The number of esters is 1. The number of nitrogens with zero attached hydrogens (tertiary/aromatic N) is 2. The molecule has 1 aromatic rings. The molecule has 1 aliphatic rings. The molecule has 0 spiro atoms. The fourth-order valence-electron chi connectivity index (χ4n) is 2.94. The lowest BCUT2D eigenvalue weighted by Crippen LogP contribution is -2.45. The van der Waals surface area contributed by atoms with E-state index >= 15 is 0 Å². The number of primary amides is 1. The third kappa shape index (κ3) is 6.88. The van der Waals surface area contributed by atoms with Crippen LogP contribution in [0.4, 0.5) is 5.69 Å². The summed E-state index contributed by atoms with van der Waals surface area (Å²) in [6, 6.07) is 6.65. The van der Waals surface area contributed by atoms with Gasteiger partial charge in [0.15, 0.2) is 5.17 Å². The average Bonchev–Trinajstić information content (AvgIpc) is 2.70. The van der Waals surface area contributed by atoms with Gasteiger partial charge in [0.2, 0.25) is 11.8 Å². The van der Waals surface area contributed by atoms with Crippen molar-refractivity contribution in [1.29, 1.82) is 0 Å². The second-order valence-electron chi connectivity index (χ2n) is 6.83. The largest absolute Gasteiger partial charge is 0.462 e. The Morgan fingerprint density at radius 2 is 1.86 bits per heavy atom. The van der Waals surface area contributed by atoms with Crippen molar-refractivity contribution >= 4 is 40.4 Å².